The molecule has 0 heterocycles. The predicted molar refractivity (Wildman–Crippen MR) is 67.8 cm³/mol. The van der Waals surface area contributed by atoms with Gasteiger partial charge >= 0.3 is 5.69 Å². The van der Waals surface area contributed by atoms with Gasteiger partial charge in [-0.3, -0.25) is 10.1 Å². The lowest BCUT2D eigenvalue weighted by Gasteiger charge is -2.08. The van der Waals surface area contributed by atoms with E-state index in [0.29, 0.717) is 18.6 Å². The number of benzene rings is 1. The Morgan fingerprint density at radius 1 is 1.58 bits per heavy atom. The molecule has 0 spiro atoms. The summed E-state index contributed by atoms with van der Waals surface area (Å²) >= 11 is 0. The smallest absolute Gasteiger partial charge is 0.311 e. The summed E-state index contributed by atoms with van der Waals surface area (Å²) in [6.07, 6.45) is 0.818. The van der Waals surface area contributed by atoms with Gasteiger partial charge in [-0.1, -0.05) is 5.16 Å². The Kier molecular flexibility index (Phi) is 5.39. The first kappa shape index (κ1) is 14.6. The number of rotatable bonds is 7. The zero-order valence-corrected chi connectivity index (χ0v) is 10.4. The minimum Gasteiger partial charge on any atom is -0.497 e. The molecule has 0 aliphatic carbocycles. The Balaban J connectivity index is 2.67. The number of nitrogens with two attached hydrogens (primary N) is 1. The third-order valence-electron chi connectivity index (χ3n) is 2.33. The van der Waals surface area contributed by atoms with Gasteiger partial charge in [0.25, 0.3) is 0 Å². The van der Waals surface area contributed by atoms with Crippen LogP contribution in [-0.2, 0) is 0 Å². The molecule has 0 aromatic heterocycles. The van der Waals surface area contributed by atoms with E-state index in [1.54, 1.807) is 0 Å². The summed E-state index contributed by atoms with van der Waals surface area (Å²) in [4.78, 5) is 10.3. The van der Waals surface area contributed by atoms with E-state index in [1.807, 2.05) is 0 Å². The van der Waals surface area contributed by atoms with Crippen molar-refractivity contribution in [2.45, 2.75) is 12.8 Å². The highest BCUT2D eigenvalue weighted by Gasteiger charge is 2.15. The molecule has 104 valence electrons. The van der Waals surface area contributed by atoms with Crippen molar-refractivity contribution in [3.05, 3.63) is 28.3 Å². The van der Waals surface area contributed by atoms with Crippen molar-refractivity contribution in [3.63, 3.8) is 0 Å². The number of methoxy groups -OCH3 is 1. The number of nitro groups is 1. The van der Waals surface area contributed by atoms with Crippen molar-refractivity contribution >= 4 is 11.5 Å². The quantitative estimate of drug-likeness (QED) is 0.193. The first-order valence-corrected chi connectivity index (χ1v) is 5.50. The maximum atomic E-state index is 10.8. The minimum absolute atomic E-state index is 0.0868. The van der Waals surface area contributed by atoms with Gasteiger partial charge in [0, 0.05) is 18.6 Å². The van der Waals surface area contributed by atoms with Crippen LogP contribution in [0.5, 0.6) is 11.5 Å². The molecule has 19 heavy (non-hydrogen) atoms. The summed E-state index contributed by atoms with van der Waals surface area (Å²) in [5, 5.41) is 22.0. The fraction of sp³-hybridized carbons (Fsp3) is 0.364. The molecule has 0 aliphatic heterocycles. The Morgan fingerprint density at radius 2 is 2.32 bits per heavy atom. The van der Waals surface area contributed by atoms with E-state index in [0.717, 1.165) is 0 Å². The van der Waals surface area contributed by atoms with E-state index in [1.165, 1.54) is 25.3 Å². The first-order valence-electron chi connectivity index (χ1n) is 5.50. The standard InChI is InChI=1S/C11H15N3O5/c1-18-8-4-5-9(14(16)17)10(7-8)19-6-2-3-11(12)13-15/h4-5,7,15H,2-3,6H2,1H3,(H2,12,13). The lowest BCUT2D eigenvalue weighted by atomic mass is 10.2. The second-order valence-corrected chi connectivity index (χ2v) is 3.63. The predicted octanol–water partition coefficient (Wildman–Crippen LogP) is 1.51. The molecular weight excluding hydrogens is 254 g/mol. The topological polar surface area (TPSA) is 120 Å². The summed E-state index contributed by atoms with van der Waals surface area (Å²) in [6, 6.07) is 4.25. The van der Waals surface area contributed by atoms with Gasteiger partial charge in [-0.25, -0.2) is 0 Å². The van der Waals surface area contributed by atoms with E-state index >= 15 is 0 Å². The van der Waals surface area contributed by atoms with Crippen LogP contribution in [0.1, 0.15) is 12.8 Å². The van der Waals surface area contributed by atoms with Crippen LogP contribution in [0.4, 0.5) is 5.69 Å². The molecular formula is C11H15N3O5. The minimum atomic E-state index is -0.529. The number of nitrogens with zero attached hydrogens (tertiary/aromatic N) is 2. The van der Waals surface area contributed by atoms with Crippen LogP contribution in [0.25, 0.3) is 0 Å². The van der Waals surface area contributed by atoms with Gasteiger partial charge in [0.05, 0.1) is 18.6 Å². The van der Waals surface area contributed by atoms with Crippen LogP contribution >= 0.6 is 0 Å². The molecule has 1 aromatic rings. The van der Waals surface area contributed by atoms with E-state index in [4.69, 9.17) is 20.4 Å². The third-order valence-corrected chi connectivity index (χ3v) is 2.33. The van der Waals surface area contributed by atoms with Gasteiger partial charge in [-0.15, -0.1) is 0 Å². The molecule has 1 aromatic carbocycles. The second kappa shape index (κ2) is 7.04. The van der Waals surface area contributed by atoms with Gasteiger partial charge < -0.3 is 20.4 Å². The normalized spacial score (nSPS) is 11.1. The summed E-state index contributed by atoms with van der Waals surface area (Å²) in [6.45, 7) is 0.213. The monoisotopic (exact) mass is 269 g/mol. The molecule has 0 saturated heterocycles. The van der Waals surface area contributed by atoms with Crippen molar-refractivity contribution < 1.29 is 19.6 Å². The largest absolute Gasteiger partial charge is 0.497 e. The van der Waals surface area contributed by atoms with Gasteiger partial charge in [0.1, 0.15) is 11.6 Å². The summed E-state index contributed by atoms with van der Waals surface area (Å²) in [5.41, 5.74) is 5.16. The van der Waals surface area contributed by atoms with Crippen molar-refractivity contribution in [1.29, 1.82) is 0 Å². The van der Waals surface area contributed by atoms with Crippen molar-refractivity contribution in [2.24, 2.45) is 10.9 Å². The molecule has 0 atom stereocenters. The molecule has 0 bridgehead atoms. The highest BCUT2D eigenvalue weighted by molar-refractivity contribution is 5.79. The third kappa shape index (κ3) is 4.34. The lowest BCUT2D eigenvalue weighted by molar-refractivity contribution is -0.385. The van der Waals surface area contributed by atoms with E-state index in [-0.39, 0.29) is 23.9 Å². The summed E-state index contributed by atoms with van der Waals surface area (Å²) in [5.74, 6) is 0.685. The van der Waals surface area contributed by atoms with E-state index in [2.05, 4.69) is 5.16 Å². The number of hydrogen-bond donors (Lipinski definition) is 2. The molecule has 8 nitrogen and oxygen atoms in total. The van der Waals surface area contributed by atoms with Gasteiger partial charge in [0.15, 0.2) is 0 Å². The van der Waals surface area contributed by atoms with Crippen LogP contribution in [-0.4, -0.2) is 29.7 Å². The van der Waals surface area contributed by atoms with Crippen LogP contribution in [0.15, 0.2) is 23.4 Å². The zero-order chi connectivity index (χ0) is 14.3. The number of ether oxygens (including phenoxy) is 2. The SMILES string of the molecule is COc1ccc([N+](=O)[O-])c(OCCC/C(N)=N/O)c1. The number of nitro benzene ring substituents is 1. The average Bonchev–Trinajstić information content (AvgIpc) is 2.42. The maximum absolute atomic E-state index is 10.8. The Morgan fingerprint density at radius 3 is 2.89 bits per heavy atom. The molecule has 1 rings (SSSR count). The van der Waals surface area contributed by atoms with Crippen LogP contribution in [0.2, 0.25) is 0 Å². The number of amidine groups is 1. The second-order valence-electron chi connectivity index (χ2n) is 3.63. The van der Waals surface area contributed by atoms with Crippen molar-refractivity contribution in [1.82, 2.24) is 0 Å². The van der Waals surface area contributed by atoms with Crippen LogP contribution in [0.3, 0.4) is 0 Å². The van der Waals surface area contributed by atoms with Gasteiger partial charge in [0.2, 0.25) is 5.75 Å². The molecule has 0 radical (unpaired) electrons. The van der Waals surface area contributed by atoms with Crippen molar-refractivity contribution in [3.8, 4) is 11.5 Å². The Labute approximate surface area is 109 Å². The fourth-order valence-corrected chi connectivity index (χ4v) is 1.37. The molecule has 0 unspecified atom stereocenters. The number of hydrogen-bond acceptors (Lipinski definition) is 6. The molecule has 0 aliphatic rings. The Bertz CT molecular complexity index is 475. The lowest BCUT2D eigenvalue weighted by Crippen LogP contribution is -2.13. The highest BCUT2D eigenvalue weighted by Crippen LogP contribution is 2.31. The summed E-state index contributed by atoms with van der Waals surface area (Å²) < 4.78 is 10.3. The van der Waals surface area contributed by atoms with E-state index < -0.39 is 4.92 Å². The molecule has 0 amide bonds. The Hall–Kier alpha value is -2.51. The maximum Gasteiger partial charge on any atom is 0.311 e. The molecule has 0 fully saturated rings. The summed E-state index contributed by atoms with van der Waals surface area (Å²) in [7, 11) is 1.46. The van der Waals surface area contributed by atoms with Gasteiger partial charge in [-0.05, 0) is 12.5 Å². The number of oxime groups is 1. The van der Waals surface area contributed by atoms with Crippen LogP contribution in [0, 0.1) is 10.1 Å². The highest BCUT2D eigenvalue weighted by atomic mass is 16.6. The molecule has 8 heteroatoms. The molecule has 3 N–H and O–H groups in total. The average molecular weight is 269 g/mol. The zero-order valence-electron chi connectivity index (χ0n) is 10.4. The fourth-order valence-electron chi connectivity index (χ4n) is 1.37. The van der Waals surface area contributed by atoms with E-state index in [9.17, 15) is 10.1 Å². The van der Waals surface area contributed by atoms with Crippen LogP contribution < -0.4 is 15.2 Å². The molecule has 0 saturated carbocycles. The van der Waals surface area contributed by atoms with Crippen molar-refractivity contribution in [2.75, 3.05) is 13.7 Å². The van der Waals surface area contributed by atoms with Gasteiger partial charge in [-0.2, -0.15) is 0 Å². The first-order chi connectivity index (χ1) is 9.08.